The summed E-state index contributed by atoms with van der Waals surface area (Å²) in [6.45, 7) is 6.44. The van der Waals surface area contributed by atoms with Crippen LogP contribution in [0.2, 0.25) is 0 Å². The number of likely N-dealkylation sites (N-methyl/N-ethyl adjacent to an activating group) is 1. The molecule has 1 aliphatic heterocycles. The highest BCUT2D eigenvalue weighted by Gasteiger charge is 2.32. The molecule has 27 heavy (non-hydrogen) atoms. The number of fused-ring (bicyclic) bond motifs is 1. The minimum absolute atomic E-state index is 0.0210. The topological polar surface area (TPSA) is 81.0 Å². The Morgan fingerprint density at radius 3 is 2.78 bits per heavy atom. The van der Waals surface area contributed by atoms with Crippen LogP contribution in [0.1, 0.15) is 38.1 Å². The van der Waals surface area contributed by atoms with Crippen molar-refractivity contribution < 1.29 is 14.4 Å². The summed E-state index contributed by atoms with van der Waals surface area (Å²) >= 11 is 0. The standard InChI is InChI=1S/C20H26N4O3/c1-5-15-16-8-6-7-9-17(16)27-20(15)19(13(2)3)24-12-14(23(4)22-24)10-11-18(25)21-26/h6-13,19,22,26H,5H2,1-4H3,(H,21,25). The van der Waals surface area contributed by atoms with Crippen LogP contribution in [0, 0.1) is 5.92 Å². The minimum Gasteiger partial charge on any atom is -0.458 e. The first-order valence-corrected chi connectivity index (χ1v) is 9.08. The first-order valence-electron chi connectivity index (χ1n) is 9.08. The second-order valence-electron chi connectivity index (χ2n) is 6.91. The summed E-state index contributed by atoms with van der Waals surface area (Å²) in [5, 5.41) is 13.6. The zero-order valence-corrected chi connectivity index (χ0v) is 16.1. The van der Waals surface area contributed by atoms with E-state index in [4.69, 9.17) is 9.62 Å². The summed E-state index contributed by atoms with van der Waals surface area (Å²) in [6, 6.07) is 8.08. The van der Waals surface area contributed by atoms with Crippen LogP contribution in [0.5, 0.6) is 0 Å². The van der Waals surface area contributed by atoms with Gasteiger partial charge in [-0.25, -0.2) is 5.48 Å². The predicted molar refractivity (Wildman–Crippen MR) is 103 cm³/mol. The summed E-state index contributed by atoms with van der Waals surface area (Å²) in [6.07, 6.45) is 5.72. The van der Waals surface area contributed by atoms with Gasteiger partial charge in [0.05, 0.1) is 5.70 Å². The highest BCUT2D eigenvalue weighted by atomic mass is 16.5. The second-order valence-corrected chi connectivity index (χ2v) is 6.91. The summed E-state index contributed by atoms with van der Waals surface area (Å²) < 4.78 is 6.27. The van der Waals surface area contributed by atoms with Gasteiger partial charge in [0.25, 0.3) is 5.91 Å². The molecule has 0 bridgehead atoms. The molecule has 7 nitrogen and oxygen atoms in total. The van der Waals surface area contributed by atoms with Gasteiger partial charge in [0, 0.05) is 30.3 Å². The maximum absolute atomic E-state index is 11.3. The smallest absolute Gasteiger partial charge is 0.267 e. The molecule has 3 N–H and O–H groups in total. The molecule has 1 unspecified atom stereocenters. The van der Waals surface area contributed by atoms with Crippen molar-refractivity contribution in [3.63, 3.8) is 0 Å². The lowest BCUT2D eigenvalue weighted by Gasteiger charge is -2.31. The minimum atomic E-state index is -0.575. The largest absolute Gasteiger partial charge is 0.458 e. The van der Waals surface area contributed by atoms with Gasteiger partial charge < -0.3 is 4.42 Å². The van der Waals surface area contributed by atoms with Crippen molar-refractivity contribution in [1.29, 1.82) is 0 Å². The van der Waals surface area contributed by atoms with Crippen LogP contribution >= 0.6 is 0 Å². The third-order valence-corrected chi connectivity index (χ3v) is 4.72. The van der Waals surface area contributed by atoms with Crippen molar-refractivity contribution in [3.8, 4) is 0 Å². The van der Waals surface area contributed by atoms with E-state index in [0.29, 0.717) is 0 Å². The molecule has 0 saturated heterocycles. The number of hydrogen-bond acceptors (Lipinski definition) is 6. The van der Waals surface area contributed by atoms with Gasteiger partial charge in [-0.3, -0.25) is 20.0 Å². The molecule has 0 spiro atoms. The van der Waals surface area contributed by atoms with Gasteiger partial charge in [0.15, 0.2) is 0 Å². The van der Waals surface area contributed by atoms with Crippen LogP contribution in [0.25, 0.3) is 11.0 Å². The number of hydroxylamine groups is 1. The van der Waals surface area contributed by atoms with Gasteiger partial charge in [0.2, 0.25) is 0 Å². The maximum atomic E-state index is 11.3. The molecule has 7 heteroatoms. The molecular weight excluding hydrogens is 344 g/mol. The number of rotatable bonds is 6. The van der Waals surface area contributed by atoms with Crippen molar-refractivity contribution in [2.75, 3.05) is 7.05 Å². The number of amides is 1. The Kier molecular flexibility index (Phi) is 5.53. The number of hydrazine groups is 2. The number of nitrogens with zero attached hydrogens (tertiary/aromatic N) is 2. The van der Waals surface area contributed by atoms with Crippen LogP contribution in [0.4, 0.5) is 0 Å². The van der Waals surface area contributed by atoms with Crippen molar-refractivity contribution >= 4 is 16.9 Å². The van der Waals surface area contributed by atoms with E-state index < -0.39 is 5.91 Å². The summed E-state index contributed by atoms with van der Waals surface area (Å²) in [5.74, 6) is 0.648. The molecule has 0 fully saturated rings. The number of furan rings is 1. The van der Waals surface area contributed by atoms with Crippen molar-refractivity contribution in [3.05, 3.63) is 59.6 Å². The summed E-state index contributed by atoms with van der Waals surface area (Å²) in [7, 11) is 1.86. The fourth-order valence-electron chi connectivity index (χ4n) is 3.46. The fourth-order valence-corrected chi connectivity index (χ4v) is 3.46. The first-order chi connectivity index (χ1) is 13.0. The molecule has 1 aromatic carbocycles. The lowest BCUT2D eigenvalue weighted by molar-refractivity contribution is -0.124. The SMILES string of the molecule is CCc1c(C(C(C)C)N2C=C(C=CC(=O)NO)N(C)N2)oc2ccccc12. The van der Waals surface area contributed by atoms with E-state index in [-0.39, 0.29) is 12.0 Å². The van der Waals surface area contributed by atoms with E-state index >= 15 is 0 Å². The zero-order chi connectivity index (χ0) is 19.6. The lowest BCUT2D eigenvalue weighted by Crippen LogP contribution is -2.41. The molecule has 2 heterocycles. The molecule has 1 aromatic heterocycles. The number of aryl methyl sites for hydroxylation is 1. The van der Waals surface area contributed by atoms with Gasteiger partial charge in [0.1, 0.15) is 17.4 Å². The molecule has 0 aliphatic carbocycles. The quantitative estimate of drug-likeness (QED) is 0.411. The maximum Gasteiger partial charge on any atom is 0.267 e. The molecule has 2 aromatic rings. The number of carbonyl (C=O) groups is 1. The van der Waals surface area contributed by atoms with Gasteiger partial charge >= 0.3 is 0 Å². The average Bonchev–Trinajstić information content (AvgIpc) is 3.19. The van der Waals surface area contributed by atoms with Gasteiger partial charge in [-0.05, 0) is 24.5 Å². The molecule has 0 radical (unpaired) electrons. The first kappa shape index (κ1) is 19.0. The van der Waals surface area contributed by atoms with E-state index in [9.17, 15) is 4.79 Å². The average molecular weight is 370 g/mol. The number of hydrogen-bond donors (Lipinski definition) is 3. The number of carbonyl (C=O) groups excluding carboxylic acids is 1. The molecule has 144 valence electrons. The Labute approximate surface area is 158 Å². The van der Waals surface area contributed by atoms with E-state index in [2.05, 4.69) is 32.4 Å². The Balaban J connectivity index is 1.99. The third kappa shape index (κ3) is 3.70. The molecule has 1 aliphatic rings. The molecule has 1 atom stereocenters. The van der Waals surface area contributed by atoms with Crippen LogP contribution in [-0.4, -0.2) is 28.2 Å². The highest BCUT2D eigenvalue weighted by molar-refractivity contribution is 5.86. The van der Waals surface area contributed by atoms with E-state index in [1.165, 1.54) is 11.6 Å². The second kappa shape index (κ2) is 7.85. The number of allylic oxidation sites excluding steroid dienone is 1. The van der Waals surface area contributed by atoms with Crippen molar-refractivity contribution in [2.24, 2.45) is 5.92 Å². The Morgan fingerprint density at radius 1 is 1.37 bits per heavy atom. The Morgan fingerprint density at radius 2 is 2.11 bits per heavy atom. The van der Waals surface area contributed by atoms with E-state index in [1.54, 1.807) is 11.6 Å². The zero-order valence-electron chi connectivity index (χ0n) is 16.1. The number of para-hydroxylation sites is 1. The molecule has 3 rings (SSSR count). The van der Waals surface area contributed by atoms with E-state index in [0.717, 1.165) is 28.8 Å². The Bertz CT molecular complexity index is 884. The van der Waals surface area contributed by atoms with Crippen LogP contribution < -0.4 is 11.0 Å². The predicted octanol–water partition coefficient (Wildman–Crippen LogP) is 3.26. The van der Waals surface area contributed by atoms with Crippen molar-refractivity contribution in [1.82, 2.24) is 21.0 Å². The number of benzene rings is 1. The van der Waals surface area contributed by atoms with Gasteiger partial charge in [-0.15, -0.1) is 5.53 Å². The van der Waals surface area contributed by atoms with Crippen LogP contribution in [-0.2, 0) is 11.2 Å². The third-order valence-electron chi connectivity index (χ3n) is 4.72. The molecular formula is C20H26N4O3. The highest BCUT2D eigenvalue weighted by Crippen LogP contribution is 2.38. The van der Waals surface area contributed by atoms with Crippen LogP contribution in [0.15, 0.2) is 52.7 Å². The fraction of sp³-hybridized carbons (Fsp3) is 0.350. The lowest BCUT2D eigenvalue weighted by atomic mass is 9.96. The van der Waals surface area contributed by atoms with Gasteiger partial charge in [-0.2, -0.15) is 0 Å². The number of nitrogens with one attached hydrogen (secondary N) is 2. The Hall–Kier alpha value is -2.77. The van der Waals surface area contributed by atoms with Gasteiger partial charge in [-0.1, -0.05) is 39.0 Å². The monoisotopic (exact) mass is 370 g/mol. The molecule has 0 saturated carbocycles. The summed E-state index contributed by atoms with van der Waals surface area (Å²) in [5.41, 5.74) is 7.78. The molecule has 1 amide bonds. The van der Waals surface area contributed by atoms with E-state index in [1.807, 2.05) is 41.5 Å². The van der Waals surface area contributed by atoms with Crippen molar-refractivity contribution in [2.45, 2.75) is 33.2 Å². The summed E-state index contributed by atoms with van der Waals surface area (Å²) in [4.78, 5) is 11.3. The van der Waals surface area contributed by atoms with Crippen LogP contribution in [0.3, 0.4) is 0 Å². The normalized spacial score (nSPS) is 15.9.